The Hall–Kier alpha value is -1.84. The van der Waals surface area contributed by atoms with Crippen LogP contribution in [0.1, 0.15) is 30.9 Å². The molecule has 1 aromatic carbocycles. The van der Waals surface area contributed by atoms with Crippen LogP contribution in [0.2, 0.25) is 0 Å². The van der Waals surface area contributed by atoms with Gasteiger partial charge in [0, 0.05) is 13.6 Å². The lowest BCUT2D eigenvalue weighted by molar-refractivity contribution is -0.137. The molecule has 0 N–H and O–H groups in total. The molecule has 0 aliphatic carbocycles. The summed E-state index contributed by atoms with van der Waals surface area (Å²) < 4.78 is 5.38. The maximum atomic E-state index is 11.2. The highest BCUT2D eigenvalue weighted by atomic mass is 16.5. The Bertz CT molecular complexity index is 455. The molecule has 1 rings (SSSR count). The number of amides is 1. The molecule has 0 aliphatic rings. The van der Waals surface area contributed by atoms with Crippen LogP contribution in [0, 0.1) is 0 Å². The van der Waals surface area contributed by atoms with Crippen molar-refractivity contribution in [1.29, 1.82) is 0 Å². The van der Waals surface area contributed by atoms with Crippen molar-refractivity contribution in [1.82, 2.24) is 4.90 Å². The van der Waals surface area contributed by atoms with Crippen LogP contribution in [-0.2, 0) is 16.0 Å². The Morgan fingerprint density at radius 3 is 2.63 bits per heavy atom. The number of benzene rings is 1. The Labute approximate surface area is 114 Å². The molecule has 0 heterocycles. The quantitative estimate of drug-likeness (QED) is 0.582. The maximum absolute atomic E-state index is 11.2. The van der Waals surface area contributed by atoms with Gasteiger partial charge in [-0.25, -0.2) is 0 Å². The van der Waals surface area contributed by atoms with Crippen LogP contribution >= 0.6 is 0 Å². The summed E-state index contributed by atoms with van der Waals surface area (Å²) in [6, 6.07) is 6.12. The van der Waals surface area contributed by atoms with Crippen molar-refractivity contribution >= 4 is 12.2 Å². The van der Waals surface area contributed by atoms with Crippen molar-refractivity contribution in [2.24, 2.45) is 0 Å². The summed E-state index contributed by atoms with van der Waals surface area (Å²) in [5.74, 6) is 0.776. The van der Waals surface area contributed by atoms with Gasteiger partial charge in [0.2, 0.25) is 6.29 Å². The van der Waals surface area contributed by atoms with Crippen LogP contribution in [0.25, 0.3) is 0 Å². The number of hydrogen-bond acceptors (Lipinski definition) is 3. The first-order chi connectivity index (χ1) is 8.99. The van der Waals surface area contributed by atoms with E-state index in [-0.39, 0.29) is 0 Å². The number of ether oxygens (including phenoxy) is 1. The Balaban J connectivity index is 2.78. The van der Waals surface area contributed by atoms with Gasteiger partial charge in [0.25, 0.3) is 5.91 Å². The summed E-state index contributed by atoms with van der Waals surface area (Å²) in [6.07, 6.45) is 0.997. The van der Waals surface area contributed by atoms with E-state index >= 15 is 0 Å². The minimum atomic E-state index is -0.502. The first kappa shape index (κ1) is 15.2. The second-order valence-corrected chi connectivity index (χ2v) is 4.85. The highest BCUT2D eigenvalue weighted by molar-refractivity contribution is 6.23. The molecule has 0 spiro atoms. The van der Waals surface area contributed by atoms with Crippen LogP contribution in [0.15, 0.2) is 18.2 Å². The molecule has 0 saturated carbocycles. The van der Waals surface area contributed by atoms with Gasteiger partial charge < -0.3 is 9.64 Å². The second kappa shape index (κ2) is 6.92. The lowest BCUT2D eigenvalue weighted by Crippen LogP contribution is -2.29. The van der Waals surface area contributed by atoms with E-state index in [1.165, 1.54) is 10.5 Å². The zero-order valence-electron chi connectivity index (χ0n) is 12.0. The summed E-state index contributed by atoms with van der Waals surface area (Å²) >= 11 is 0. The Morgan fingerprint density at radius 2 is 2.11 bits per heavy atom. The van der Waals surface area contributed by atoms with Crippen molar-refractivity contribution in [3.05, 3.63) is 29.3 Å². The fourth-order valence-corrected chi connectivity index (χ4v) is 1.82. The van der Waals surface area contributed by atoms with Gasteiger partial charge in [-0.15, -0.1) is 0 Å². The maximum Gasteiger partial charge on any atom is 0.286 e. The summed E-state index contributed by atoms with van der Waals surface area (Å²) in [6.45, 7) is 4.75. The standard InChI is InChI=1S/C15H21NO3/c1-11(2)13-6-5-12(14(9-13)19-4)7-8-16(3)15(18)10-17/h5-6,9-11H,7-8H2,1-4H3. The molecule has 0 aromatic heterocycles. The number of rotatable bonds is 6. The topological polar surface area (TPSA) is 46.6 Å². The molecule has 0 radical (unpaired) electrons. The molecule has 0 bridgehead atoms. The highest BCUT2D eigenvalue weighted by Crippen LogP contribution is 2.25. The summed E-state index contributed by atoms with van der Waals surface area (Å²) in [5, 5.41) is 0. The lowest BCUT2D eigenvalue weighted by atomic mass is 10.00. The Kier molecular flexibility index (Phi) is 5.55. The van der Waals surface area contributed by atoms with Gasteiger partial charge in [0.05, 0.1) is 7.11 Å². The van der Waals surface area contributed by atoms with Gasteiger partial charge in [-0.3, -0.25) is 9.59 Å². The third-order valence-corrected chi connectivity index (χ3v) is 3.17. The van der Waals surface area contributed by atoms with Crippen molar-refractivity contribution in [3.8, 4) is 5.75 Å². The minimum Gasteiger partial charge on any atom is -0.496 e. The molecule has 4 nitrogen and oxygen atoms in total. The molecule has 0 unspecified atom stereocenters. The van der Waals surface area contributed by atoms with Crippen LogP contribution < -0.4 is 4.74 Å². The summed E-state index contributed by atoms with van der Waals surface area (Å²) in [4.78, 5) is 22.9. The monoisotopic (exact) mass is 263 g/mol. The zero-order valence-corrected chi connectivity index (χ0v) is 12.0. The summed E-state index contributed by atoms with van der Waals surface area (Å²) in [7, 11) is 3.26. The predicted molar refractivity (Wildman–Crippen MR) is 74.5 cm³/mol. The van der Waals surface area contributed by atoms with Crippen molar-refractivity contribution < 1.29 is 14.3 Å². The van der Waals surface area contributed by atoms with Crippen molar-refractivity contribution in [2.75, 3.05) is 20.7 Å². The van der Waals surface area contributed by atoms with Gasteiger partial charge in [-0.1, -0.05) is 26.0 Å². The zero-order chi connectivity index (χ0) is 14.4. The van der Waals surface area contributed by atoms with Crippen LogP contribution in [0.4, 0.5) is 0 Å². The van der Waals surface area contributed by atoms with E-state index in [4.69, 9.17) is 4.74 Å². The lowest BCUT2D eigenvalue weighted by Gasteiger charge is -2.16. The molecule has 104 valence electrons. The van der Waals surface area contributed by atoms with E-state index in [1.807, 2.05) is 12.1 Å². The number of aldehydes is 1. The van der Waals surface area contributed by atoms with E-state index in [0.29, 0.717) is 25.2 Å². The molecule has 0 atom stereocenters. The predicted octanol–water partition coefficient (Wildman–Crippen LogP) is 2.02. The molecular formula is C15H21NO3. The number of carbonyl (C=O) groups excluding carboxylic acids is 2. The minimum absolute atomic E-state index is 0.332. The second-order valence-electron chi connectivity index (χ2n) is 4.85. The number of hydrogen-bond donors (Lipinski definition) is 0. The van der Waals surface area contributed by atoms with Gasteiger partial charge in [0.1, 0.15) is 5.75 Å². The molecule has 0 fully saturated rings. The largest absolute Gasteiger partial charge is 0.496 e. The average Bonchev–Trinajstić information content (AvgIpc) is 2.43. The molecule has 19 heavy (non-hydrogen) atoms. The molecule has 1 amide bonds. The van der Waals surface area contributed by atoms with Crippen molar-refractivity contribution in [3.63, 3.8) is 0 Å². The molecular weight excluding hydrogens is 242 g/mol. The SMILES string of the molecule is COc1cc(C(C)C)ccc1CCN(C)C(=O)C=O. The number of nitrogens with zero attached hydrogens (tertiary/aromatic N) is 1. The molecule has 0 aliphatic heterocycles. The third-order valence-electron chi connectivity index (χ3n) is 3.17. The van der Waals surface area contributed by atoms with Gasteiger partial charge in [-0.05, 0) is 29.5 Å². The highest BCUT2D eigenvalue weighted by Gasteiger charge is 2.10. The first-order valence-electron chi connectivity index (χ1n) is 6.36. The fourth-order valence-electron chi connectivity index (χ4n) is 1.82. The van der Waals surface area contributed by atoms with Crippen LogP contribution in [0.5, 0.6) is 5.75 Å². The molecule has 1 aromatic rings. The van der Waals surface area contributed by atoms with E-state index in [9.17, 15) is 9.59 Å². The van der Waals surface area contributed by atoms with Crippen LogP contribution in [0.3, 0.4) is 0 Å². The van der Waals surface area contributed by atoms with E-state index in [0.717, 1.165) is 11.3 Å². The first-order valence-corrected chi connectivity index (χ1v) is 6.36. The Morgan fingerprint density at radius 1 is 1.42 bits per heavy atom. The fraction of sp³-hybridized carbons (Fsp3) is 0.467. The van der Waals surface area contributed by atoms with Crippen LogP contribution in [-0.4, -0.2) is 37.8 Å². The number of carbonyl (C=O) groups is 2. The summed E-state index contributed by atoms with van der Waals surface area (Å²) in [5.41, 5.74) is 2.26. The average molecular weight is 263 g/mol. The molecule has 4 heteroatoms. The van der Waals surface area contributed by atoms with Gasteiger partial charge in [0.15, 0.2) is 0 Å². The third kappa shape index (κ3) is 4.09. The number of methoxy groups -OCH3 is 1. The van der Waals surface area contributed by atoms with E-state index in [2.05, 4.69) is 19.9 Å². The van der Waals surface area contributed by atoms with E-state index < -0.39 is 5.91 Å². The smallest absolute Gasteiger partial charge is 0.286 e. The molecule has 0 saturated heterocycles. The normalized spacial score (nSPS) is 10.4. The van der Waals surface area contributed by atoms with Gasteiger partial charge in [-0.2, -0.15) is 0 Å². The van der Waals surface area contributed by atoms with E-state index in [1.54, 1.807) is 14.2 Å². The van der Waals surface area contributed by atoms with Crippen molar-refractivity contribution in [2.45, 2.75) is 26.2 Å². The number of likely N-dealkylation sites (N-methyl/N-ethyl adjacent to an activating group) is 1. The van der Waals surface area contributed by atoms with Gasteiger partial charge >= 0.3 is 0 Å².